The fraction of sp³-hybridized carbons (Fsp3) is 0.333. The average Bonchev–Trinajstić information content (AvgIpc) is 2.14. The van der Waals surface area contributed by atoms with Gasteiger partial charge in [0.15, 0.2) is 0 Å². The molecule has 1 unspecified atom stereocenters. The standard InChI is InChI=1S/C9H10BrFOS/c10-5-8(12)6-13-9-3-1-2-7(11)4-9/h1-4,8,12H,5-6H2. The smallest absolute Gasteiger partial charge is 0.124 e. The van der Waals surface area contributed by atoms with Crippen LogP contribution in [0, 0.1) is 5.82 Å². The Bertz CT molecular complexity index is 270. The fourth-order valence-corrected chi connectivity index (χ4v) is 2.20. The second-order valence-corrected chi connectivity index (χ2v) is 4.32. The van der Waals surface area contributed by atoms with Crippen molar-refractivity contribution in [2.24, 2.45) is 0 Å². The van der Waals surface area contributed by atoms with Crippen molar-refractivity contribution in [1.82, 2.24) is 0 Å². The molecule has 0 saturated heterocycles. The van der Waals surface area contributed by atoms with E-state index in [9.17, 15) is 9.50 Å². The van der Waals surface area contributed by atoms with Crippen molar-refractivity contribution in [3.8, 4) is 0 Å². The zero-order valence-electron chi connectivity index (χ0n) is 6.91. The van der Waals surface area contributed by atoms with Crippen LogP contribution in [-0.4, -0.2) is 22.3 Å². The van der Waals surface area contributed by atoms with Gasteiger partial charge in [-0.3, -0.25) is 0 Å². The summed E-state index contributed by atoms with van der Waals surface area (Å²) in [5, 5.41) is 9.78. The summed E-state index contributed by atoms with van der Waals surface area (Å²) in [6, 6.07) is 6.36. The number of hydrogen-bond donors (Lipinski definition) is 1. The predicted octanol–water partition coefficient (Wildman–Crippen LogP) is 2.67. The Labute approximate surface area is 89.5 Å². The third-order valence-electron chi connectivity index (χ3n) is 1.42. The van der Waals surface area contributed by atoms with Gasteiger partial charge in [0, 0.05) is 16.0 Å². The molecule has 0 spiro atoms. The molecule has 0 fully saturated rings. The number of hydrogen-bond acceptors (Lipinski definition) is 2. The monoisotopic (exact) mass is 264 g/mol. The largest absolute Gasteiger partial charge is 0.391 e. The number of rotatable bonds is 4. The first-order valence-electron chi connectivity index (χ1n) is 3.85. The van der Waals surface area contributed by atoms with Crippen LogP contribution in [0.1, 0.15) is 0 Å². The molecular weight excluding hydrogens is 255 g/mol. The minimum Gasteiger partial charge on any atom is -0.391 e. The third-order valence-corrected chi connectivity index (χ3v) is 3.30. The average molecular weight is 265 g/mol. The zero-order valence-corrected chi connectivity index (χ0v) is 9.31. The summed E-state index contributed by atoms with van der Waals surface area (Å²) >= 11 is 4.61. The van der Waals surface area contributed by atoms with Crippen LogP contribution >= 0.6 is 27.7 Å². The van der Waals surface area contributed by atoms with Gasteiger partial charge in [0.1, 0.15) is 5.82 Å². The van der Waals surface area contributed by atoms with Gasteiger partial charge in [0.25, 0.3) is 0 Å². The molecule has 1 nitrogen and oxygen atoms in total. The molecule has 13 heavy (non-hydrogen) atoms. The minimum atomic E-state index is -0.381. The van der Waals surface area contributed by atoms with E-state index in [2.05, 4.69) is 15.9 Å². The Morgan fingerprint density at radius 2 is 2.31 bits per heavy atom. The highest BCUT2D eigenvalue weighted by Gasteiger charge is 2.02. The quantitative estimate of drug-likeness (QED) is 0.667. The second kappa shape index (κ2) is 5.62. The SMILES string of the molecule is OC(CBr)CSc1cccc(F)c1. The Balaban J connectivity index is 2.45. The van der Waals surface area contributed by atoms with Crippen molar-refractivity contribution in [1.29, 1.82) is 0 Å². The third kappa shape index (κ3) is 4.11. The van der Waals surface area contributed by atoms with E-state index in [0.717, 1.165) is 4.90 Å². The number of aliphatic hydroxyl groups is 1. The summed E-state index contributed by atoms with van der Waals surface area (Å²) in [6.45, 7) is 0. The zero-order chi connectivity index (χ0) is 9.68. The first-order chi connectivity index (χ1) is 6.22. The van der Waals surface area contributed by atoms with Crippen molar-refractivity contribution in [2.45, 2.75) is 11.0 Å². The Kier molecular flexibility index (Phi) is 4.77. The number of aliphatic hydroxyl groups excluding tert-OH is 1. The normalized spacial score (nSPS) is 12.8. The van der Waals surface area contributed by atoms with Gasteiger partial charge < -0.3 is 5.11 Å². The van der Waals surface area contributed by atoms with E-state index in [4.69, 9.17) is 0 Å². The molecule has 0 amide bonds. The van der Waals surface area contributed by atoms with E-state index in [-0.39, 0.29) is 11.9 Å². The molecule has 0 radical (unpaired) electrons. The van der Waals surface area contributed by atoms with Crippen molar-refractivity contribution in [3.63, 3.8) is 0 Å². The maximum absolute atomic E-state index is 12.7. The first kappa shape index (κ1) is 11.0. The van der Waals surface area contributed by atoms with Crippen LogP contribution in [0.2, 0.25) is 0 Å². The van der Waals surface area contributed by atoms with Crippen LogP contribution in [0.5, 0.6) is 0 Å². The Morgan fingerprint density at radius 1 is 1.54 bits per heavy atom. The topological polar surface area (TPSA) is 20.2 Å². The summed E-state index contributed by atoms with van der Waals surface area (Å²) in [6.07, 6.45) is -0.381. The van der Waals surface area contributed by atoms with E-state index in [1.54, 1.807) is 6.07 Å². The second-order valence-electron chi connectivity index (χ2n) is 2.58. The molecule has 1 rings (SSSR count). The predicted molar refractivity (Wildman–Crippen MR) is 56.9 cm³/mol. The lowest BCUT2D eigenvalue weighted by Gasteiger charge is -2.05. The lowest BCUT2D eigenvalue weighted by Crippen LogP contribution is -2.10. The van der Waals surface area contributed by atoms with E-state index < -0.39 is 0 Å². The molecule has 4 heteroatoms. The molecule has 1 N–H and O–H groups in total. The lowest BCUT2D eigenvalue weighted by atomic mass is 10.4. The molecule has 1 aromatic carbocycles. The minimum absolute atomic E-state index is 0.238. The molecule has 0 aliphatic heterocycles. The molecule has 0 aliphatic carbocycles. The van der Waals surface area contributed by atoms with Crippen molar-refractivity contribution in [3.05, 3.63) is 30.1 Å². The van der Waals surface area contributed by atoms with Gasteiger partial charge in [0.05, 0.1) is 6.10 Å². The summed E-state index contributed by atoms with van der Waals surface area (Å²) in [5.74, 6) is 0.340. The highest BCUT2D eigenvalue weighted by atomic mass is 79.9. The lowest BCUT2D eigenvalue weighted by molar-refractivity contribution is 0.226. The summed E-state index contributed by atoms with van der Waals surface area (Å²) in [4.78, 5) is 0.847. The fourth-order valence-electron chi connectivity index (χ4n) is 0.794. The van der Waals surface area contributed by atoms with Crippen LogP contribution < -0.4 is 0 Å². The summed E-state index contributed by atoms with van der Waals surface area (Å²) in [7, 11) is 0. The van der Waals surface area contributed by atoms with Gasteiger partial charge >= 0.3 is 0 Å². The van der Waals surface area contributed by atoms with Crippen LogP contribution in [0.25, 0.3) is 0 Å². The molecule has 0 heterocycles. The number of thioether (sulfide) groups is 1. The molecule has 0 aliphatic rings. The maximum Gasteiger partial charge on any atom is 0.124 e. The van der Waals surface area contributed by atoms with Crippen molar-refractivity contribution in [2.75, 3.05) is 11.1 Å². The van der Waals surface area contributed by atoms with Gasteiger partial charge in [0.2, 0.25) is 0 Å². The van der Waals surface area contributed by atoms with Crippen LogP contribution in [-0.2, 0) is 0 Å². The summed E-state index contributed by atoms with van der Waals surface area (Å²) < 4.78 is 12.7. The molecule has 0 bridgehead atoms. The highest BCUT2D eigenvalue weighted by molar-refractivity contribution is 9.09. The van der Waals surface area contributed by atoms with Gasteiger partial charge in [-0.1, -0.05) is 22.0 Å². The summed E-state index contributed by atoms with van der Waals surface area (Å²) in [5.41, 5.74) is 0. The van der Waals surface area contributed by atoms with Crippen LogP contribution in [0.3, 0.4) is 0 Å². The van der Waals surface area contributed by atoms with Crippen molar-refractivity contribution >= 4 is 27.7 Å². The highest BCUT2D eigenvalue weighted by Crippen LogP contribution is 2.19. The molecule has 72 valence electrons. The number of alkyl halides is 1. The number of benzene rings is 1. The van der Waals surface area contributed by atoms with Crippen molar-refractivity contribution < 1.29 is 9.50 Å². The van der Waals surface area contributed by atoms with Gasteiger partial charge in [-0.15, -0.1) is 11.8 Å². The first-order valence-corrected chi connectivity index (χ1v) is 5.95. The van der Waals surface area contributed by atoms with Crippen LogP contribution in [0.15, 0.2) is 29.2 Å². The molecular formula is C9H10BrFOS. The van der Waals surface area contributed by atoms with E-state index >= 15 is 0 Å². The Morgan fingerprint density at radius 3 is 2.92 bits per heavy atom. The maximum atomic E-state index is 12.7. The molecule has 0 aromatic heterocycles. The van der Waals surface area contributed by atoms with Gasteiger partial charge in [-0.05, 0) is 18.2 Å². The van der Waals surface area contributed by atoms with E-state index in [1.807, 2.05) is 6.07 Å². The van der Waals surface area contributed by atoms with Gasteiger partial charge in [-0.25, -0.2) is 4.39 Å². The van der Waals surface area contributed by atoms with Crippen LogP contribution in [0.4, 0.5) is 4.39 Å². The molecule has 1 aromatic rings. The molecule has 0 saturated carbocycles. The molecule has 1 atom stereocenters. The Hall–Kier alpha value is -0.0600. The number of halogens is 2. The van der Waals surface area contributed by atoms with E-state index in [0.29, 0.717) is 11.1 Å². The van der Waals surface area contributed by atoms with Gasteiger partial charge in [-0.2, -0.15) is 0 Å². The van der Waals surface area contributed by atoms with E-state index in [1.165, 1.54) is 23.9 Å².